The van der Waals surface area contributed by atoms with Gasteiger partial charge in [-0.15, -0.1) is 4.52 Å². The van der Waals surface area contributed by atoms with Gasteiger partial charge in [0.05, 0.1) is 0 Å². The molecule has 0 heterocycles. The van der Waals surface area contributed by atoms with Crippen LogP contribution in [-0.4, -0.2) is 5.60 Å². The number of rotatable bonds is 4. The molecule has 4 nitrogen and oxygen atoms in total. The Hall–Kier alpha value is -0.490. The molecular formula is C6H10NO3P. The third kappa shape index (κ3) is 2.94. The van der Waals surface area contributed by atoms with E-state index in [0.29, 0.717) is 12.8 Å². The number of hydrogen-bond donors (Lipinski definition) is 0. The van der Waals surface area contributed by atoms with Crippen LogP contribution in [0.5, 0.6) is 0 Å². The lowest BCUT2D eigenvalue weighted by atomic mass is 10.0. The van der Waals surface area contributed by atoms with Crippen LogP contribution in [0.4, 0.5) is 0 Å². The molecule has 0 radical (unpaired) electrons. The summed E-state index contributed by atoms with van der Waals surface area (Å²) < 4.78 is 14.6. The molecule has 5 heteroatoms. The monoisotopic (exact) mass is 175 g/mol. The molecule has 0 bridgehead atoms. The summed E-state index contributed by atoms with van der Waals surface area (Å²) in [4.78, 5) is 10.2. The average molecular weight is 175 g/mol. The van der Waals surface area contributed by atoms with Gasteiger partial charge in [-0.1, -0.05) is 13.8 Å². The Kier molecular flexibility index (Phi) is 4.20. The molecule has 0 N–H and O–H groups in total. The minimum atomic E-state index is -2.93. The van der Waals surface area contributed by atoms with Crippen LogP contribution in [0.2, 0.25) is 0 Å². The second-order valence-electron chi connectivity index (χ2n) is 2.13. The van der Waals surface area contributed by atoms with Crippen LogP contribution in [0.3, 0.4) is 0 Å². The van der Waals surface area contributed by atoms with E-state index in [9.17, 15) is 9.46 Å². The van der Waals surface area contributed by atoms with Crippen molar-refractivity contribution < 1.29 is 14.0 Å². The van der Waals surface area contributed by atoms with Crippen molar-refractivity contribution >= 4 is 8.25 Å². The predicted molar refractivity (Wildman–Crippen MR) is 37.6 cm³/mol. The maximum Gasteiger partial charge on any atom is 0.490 e. The molecule has 0 aliphatic rings. The van der Waals surface area contributed by atoms with Crippen molar-refractivity contribution in [2.24, 2.45) is 0 Å². The second kappa shape index (κ2) is 4.40. The molecule has 1 unspecified atom stereocenters. The molecule has 0 aliphatic heterocycles. The smallest absolute Gasteiger partial charge is 0.490 e. The third-order valence-electron chi connectivity index (χ3n) is 1.60. The van der Waals surface area contributed by atoms with Gasteiger partial charge in [-0.3, -0.25) is 0 Å². The Morgan fingerprint density at radius 1 is 1.64 bits per heavy atom. The van der Waals surface area contributed by atoms with E-state index in [0.717, 1.165) is 0 Å². The number of hydrogen-bond acceptors (Lipinski definition) is 4. The average Bonchev–Trinajstić information content (AvgIpc) is 2.00. The summed E-state index contributed by atoms with van der Waals surface area (Å²) in [6.07, 6.45) is 0.757. The van der Waals surface area contributed by atoms with Gasteiger partial charge in [0, 0.05) is 0 Å². The molecule has 0 aromatic carbocycles. The first-order chi connectivity index (χ1) is 5.10. The molecular weight excluding hydrogens is 165 g/mol. The molecule has 1 atom stereocenters. The summed E-state index contributed by atoms with van der Waals surface area (Å²) in [5.41, 5.74) is -1.14. The van der Waals surface area contributed by atoms with Crippen LogP contribution in [0.1, 0.15) is 26.7 Å². The molecule has 0 rings (SSSR count). The van der Waals surface area contributed by atoms with Crippen LogP contribution < -0.4 is 4.89 Å². The standard InChI is InChI=1S/C6H10NO3P/c1-3-6(4-2,5-7)10-11(8)9/h3-4H2,1-2H3. The van der Waals surface area contributed by atoms with Gasteiger partial charge in [-0.25, -0.2) is 0 Å². The molecule has 11 heavy (non-hydrogen) atoms. The van der Waals surface area contributed by atoms with Crippen molar-refractivity contribution in [2.75, 3.05) is 0 Å². The fourth-order valence-corrected chi connectivity index (χ4v) is 1.28. The van der Waals surface area contributed by atoms with E-state index in [1.807, 2.05) is 6.07 Å². The van der Waals surface area contributed by atoms with Gasteiger partial charge in [-0.05, 0) is 17.4 Å². The molecule has 0 saturated heterocycles. The Labute approximate surface area is 66.7 Å². The van der Waals surface area contributed by atoms with E-state index in [1.54, 1.807) is 13.8 Å². The molecule has 0 aromatic rings. The topological polar surface area (TPSA) is 73.1 Å². The minimum Gasteiger partial charge on any atom is -0.566 e. The van der Waals surface area contributed by atoms with Crippen molar-refractivity contribution in [1.29, 1.82) is 5.26 Å². The molecule has 0 saturated carbocycles. The highest BCUT2D eigenvalue weighted by molar-refractivity contribution is 7.30. The largest absolute Gasteiger partial charge is 0.566 e. The van der Waals surface area contributed by atoms with Crippen LogP contribution in [0.15, 0.2) is 0 Å². The van der Waals surface area contributed by atoms with Crippen molar-refractivity contribution in [1.82, 2.24) is 0 Å². The summed E-state index contributed by atoms with van der Waals surface area (Å²) in [5.74, 6) is 0. The summed E-state index contributed by atoms with van der Waals surface area (Å²) >= 11 is 0. The van der Waals surface area contributed by atoms with Crippen LogP contribution in [0, 0.1) is 11.3 Å². The zero-order valence-corrected chi connectivity index (χ0v) is 7.43. The van der Waals surface area contributed by atoms with Gasteiger partial charge < -0.3 is 4.89 Å². The van der Waals surface area contributed by atoms with Gasteiger partial charge in [0.1, 0.15) is 6.07 Å². The zero-order chi connectivity index (χ0) is 8.91. The highest BCUT2D eigenvalue weighted by Gasteiger charge is 2.33. The van der Waals surface area contributed by atoms with Crippen molar-refractivity contribution in [3.63, 3.8) is 0 Å². The zero-order valence-electron chi connectivity index (χ0n) is 6.53. The Bertz CT molecular complexity index is 183. The lowest BCUT2D eigenvalue weighted by molar-refractivity contribution is -0.193. The fourth-order valence-electron chi connectivity index (χ4n) is 0.700. The number of nitrogens with zero attached hydrogens (tertiary/aromatic N) is 1. The maximum atomic E-state index is 10.2. The summed E-state index contributed by atoms with van der Waals surface area (Å²) in [6.45, 7) is 3.43. The molecule has 0 aliphatic carbocycles. The van der Waals surface area contributed by atoms with E-state index in [1.165, 1.54) is 0 Å². The number of nitriles is 1. The van der Waals surface area contributed by atoms with Gasteiger partial charge in [0.2, 0.25) is 5.60 Å². The Morgan fingerprint density at radius 2 is 2.09 bits per heavy atom. The highest BCUT2D eigenvalue weighted by Crippen LogP contribution is 2.28. The van der Waals surface area contributed by atoms with E-state index in [4.69, 9.17) is 5.26 Å². The SMILES string of the molecule is CCC(C#N)(CC)O[P+](=O)[O-]. The Morgan fingerprint density at radius 3 is 2.18 bits per heavy atom. The molecule has 0 spiro atoms. The highest BCUT2D eigenvalue weighted by atomic mass is 31.1. The van der Waals surface area contributed by atoms with Crippen molar-refractivity contribution in [2.45, 2.75) is 32.3 Å². The molecule has 0 aromatic heterocycles. The van der Waals surface area contributed by atoms with Gasteiger partial charge in [0.15, 0.2) is 0 Å². The van der Waals surface area contributed by atoms with Gasteiger partial charge in [-0.2, -0.15) is 5.26 Å². The molecule has 0 fully saturated rings. The summed E-state index contributed by atoms with van der Waals surface area (Å²) in [5, 5.41) is 8.58. The van der Waals surface area contributed by atoms with Crippen molar-refractivity contribution in [3.05, 3.63) is 0 Å². The predicted octanol–water partition coefficient (Wildman–Crippen LogP) is 1.10. The van der Waals surface area contributed by atoms with Crippen LogP contribution in [-0.2, 0) is 9.09 Å². The lowest BCUT2D eigenvalue weighted by Crippen LogP contribution is -2.27. The third-order valence-corrected chi connectivity index (χ3v) is 2.09. The minimum absolute atomic E-state index is 0.378. The second-order valence-corrected chi connectivity index (χ2v) is 2.76. The molecule has 0 amide bonds. The lowest BCUT2D eigenvalue weighted by Gasteiger charge is -2.15. The van der Waals surface area contributed by atoms with Crippen LogP contribution >= 0.6 is 8.25 Å². The maximum absolute atomic E-state index is 10.2. The first-order valence-electron chi connectivity index (χ1n) is 3.35. The summed E-state index contributed by atoms with van der Waals surface area (Å²) in [6, 6.07) is 1.84. The van der Waals surface area contributed by atoms with Crippen molar-refractivity contribution in [3.8, 4) is 6.07 Å². The summed E-state index contributed by atoms with van der Waals surface area (Å²) in [7, 11) is -2.93. The molecule has 62 valence electrons. The van der Waals surface area contributed by atoms with Gasteiger partial charge in [0.25, 0.3) is 0 Å². The van der Waals surface area contributed by atoms with E-state index in [-0.39, 0.29) is 0 Å². The van der Waals surface area contributed by atoms with Gasteiger partial charge >= 0.3 is 8.25 Å². The van der Waals surface area contributed by atoms with E-state index < -0.39 is 13.9 Å². The Balaban J connectivity index is 4.32. The van der Waals surface area contributed by atoms with Crippen LogP contribution in [0.25, 0.3) is 0 Å². The first kappa shape index (κ1) is 10.5. The first-order valence-corrected chi connectivity index (χ1v) is 4.44. The normalized spacial score (nSPS) is 12.4. The van der Waals surface area contributed by atoms with E-state index >= 15 is 0 Å². The fraction of sp³-hybridized carbons (Fsp3) is 0.833. The quantitative estimate of drug-likeness (QED) is 0.599. The van der Waals surface area contributed by atoms with E-state index in [2.05, 4.69) is 4.52 Å².